The number of carbonyl (C=O) groups excluding carboxylic acids is 2. The molecule has 1 heterocycles. The van der Waals surface area contributed by atoms with E-state index in [1.54, 1.807) is 0 Å². The summed E-state index contributed by atoms with van der Waals surface area (Å²) < 4.78 is 10.6. The second-order valence-corrected chi connectivity index (χ2v) is 24.2. The molecule has 1 rings (SSSR count). The molecule has 6 nitrogen and oxygen atoms in total. The number of aliphatic hydroxyl groups is 2. The quantitative estimate of drug-likeness (QED) is 0.0358. The third-order valence-electron chi connectivity index (χ3n) is 16.8. The zero-order chi connectivity index (χ0) is 53.2. The van der Waals surface area contributed by atoms with Gasteiger partial charge in [0, 0.05) is 0 Å². The van der Waals surface area contributed by atoms with Crippen molar-refractivity contribution in [2.75, 3.05) is 26.4 Å². The number of cyclic esters (lactones) is 2. The van der Waals surface area contributed by atoms with Crippen LogP contribution in [0.3, 0.4) is 0 Å². The summed E-state index contributed by atoms with van der Waals surface area (Å²) in [6.45, 7) is 1.15. The summed E-state index contributed by atoms with van der Waals surface area (Å²) >= 11 is 0. The van der Waals surface area contributed by atoms with E-state index in [1.165, 1.54) is 340 Å². The summed E-state index contributed by atoms with van der Waals surface area (Å²) in [6.07, 6.45) is 83.5. The zero-order valence-corrected chi connectivity index (χ0v) is 49.9. The first-order valence-corrected chi connectivity index (χ1v) is 33.8. The van der Waals surface area contributed by atoms with Gasteiger partial charge in [-0.2, -0.15) is 0 Å². The van der Waals surface area contributed by atoms with E-state index in [1.807, 2.05) is 6.08 Å². The van der Waals surface area contributed by atoms with Crippen LogP contribution < -0.4 is 0 Å². The van der Waals surface area contributed by atoms with Crippen molar-refractivity contribution in [1.82, 2.24) is 0 Å². The van der Waals surface area contributed by atoms with Crippen LogP contribution in [-0.4, -0.2) is 48.6 Å². The van der Waals surface area contributed by atoms with Gasteiger partial charge in [0.05, 0.1) is 31.0 Å². The number of allylic oxidation sites excluding steroid dienone is 2. The van der Waals surface area contributed by atoms with Crippen molar-refractivity contribution in [2.45, 2.75) is 373 Å². The summed E-state index contributed by atoms with van der Waals surface area (Å²) in [5.74, 6) is -1.57. The fourth-order valence-corrected chi connectivity index (χ4v) is 11.3. The third-order valence-corrected chi connectivity index (χ3v) is 16.8. The molecular weight excluding hydrogens is 913 g/mol. The minimum atomic E-state index is -1.14. The van der Waals surface area contributed by atoms with Gasteiger partial charge in [-0.1, -0.05) is 359 Å². The molecular formula is C68H130O6. The molecule has 6 heteroatoms. The Kier molecular flexibility index (Phi) is 55.1. The molecule has 74 heavy (non-hydrogen) atoms. The van der Waals surface area contributed by atoms with Gasteiger partial charge in [0.15, 0.2) is 0 Å². The molecule has 0 bridgehead atoms. The number of rotatable bonds is 59. The fourth-order valence-electron chi connectivity index (χ4n) is 11.3. The molecule has 0 aromatic rings. The van der Waals surface area contributed by atoms with E-state index in [0.717, 1.165) is 12.8 Å². The molecule has 0 aliphatic carbocycles. The second-order valence-electron chi connectivity index (χ2n) is 24.2. The van der Waals surface area contributed by atoms with Gasteiger partial charge >= 0.3 is 11.9 Å². The number of unbranched alkanes of at least 4 members (excludes halogenated alkanes) is 54. The predicted molar refractivity (Wildman–Crippen MR) is 320 cm³/mol. The highest BCUT2D eigenvalue weighted by Crippen LogP contribution is 2.24. The van der Waals surface area contributed by atoms with Gasteiger partial charge < -0.3 is 19.7 Å². The summed E-state index contributed by atoms with van der Waals surface area (Å²) in [4.78, 5) is 24.7. The number of hydrogen-bond donors (Lipinski definition) is 2. The lowest BCUT2D eigenvalue weighted by atomic mass is 9.92. The molecule has 1 aliphatic rings. The lowest BCUT2D eigenvalue weighted by Crippen LogP contribution is -2.40. The van der Waals surface area contributed by atoms with Crippen molar-refractivity contribution in [3.05, 3.63) is 12.2 Å². The van der Waals surface area contributed by atoms with E-state index in [2.05, 4.69) is 13.0 Å². The molecule has 0 aromatic heterocycles. The van der Waals surface area contributed by atoms with Gasteiger partial charge in [0.1, 0.15) is 13.2 Å². The molecule has 0 radical (unpaired) electrons. The van der Waals surface area contributed by atoms with Crippen LogP contribution in [0.25, 0.3) is 0 Å². The second kappa shape index (κ2) is 57.8. The Labute approximate surface area is 462 Å². The Bertz CT molecular complexity index is 1160. The van der Waals surface area contributed by atoms with Crippen LogP contribution in [0.4, 0.5) is 0 Å². The van der Waals surface area contributed by atoms with E-state index in [9.17, 15) is 19.8 Å². The van der Waals surface area contributed by atoms with Gasteiger partial charge in [0.25, 0.3) is 0 Å². The highest BCUT2D eigenvalue weighted by Gasteiger charge is 2.36. The van der Waals surface area contributed by atoms with Gasteiger partial charge in [0.2, 0.25) is 0 Å². The Morgan fingerprint density at radius 1 is 0.351 bits per heavy atom. The van der Waals surface area contributed by atoms with Crippen molar-refractivity contribution < 1.29 is 29.3 Å². The lowest BCUT2D eigenvalue weighted by Gasteiger charge is -2.27. The smallest absolute Gasteiger partial charge is 0.309 e. The molecule has 0 amide bonds. The van der Waals surface area contributed by atoms with Crippen LogP contribution in [0.2, 0.25) is 0 Å². The first-order valence-electron chi connectivity index (χ1n) is 33.8. The Morgan fingerprint density at radius 3 is 0.824 bits per heavy atom. The normalized spacial score (nSPS) is 15.1. The predicted octanol–water partition coefficient (Wildman–Crippen LogP) is 21.5. The lowest BCUT2D eigenvalue weighted by molar-refractivity contribution is -0.154. The minimum Gasteiger partial charge on any atom is -0.465 e. The average Bonchev–Trinajstić information content (AvgIpc) is 3.47. The highest BCUT2D eigenvalue weighted by atomic mass is 16.6. The SMILES string of the molecule is CCCCCCCCCCCCCCCCCCCCCCCCCCCCCCCCCCCCCCCCCCCCCCCCCCCCCCCC/C=C/CC1CC(=O)OCC(CO)(CO)COC1=O. The standard InChI is InChI=1S/C68H130O6/c1-2-3-4-5-6-7-8-9-10-11-12-13-14-15-16-17-18-19-20-21-22-23-24-25-26-27-28-29-30-31-32-33-34-35-36-37-38-39-40-41-42-43-44-45-46-47-48-49-50-51-52-53-54-55-56-57-58-59-65-60-66(71)73-63-68(61-69,62-70)64-74-67(65)72/h57-58,65,69-70H,2-56,59-64H2,1H3/b58-57+. The van der Waals surface area contributed by atoms with E-state index < -0.39 is 36.5 Å². The minimum absolute atomic E-state index is 0.0457. The summed E-state index contributed by atoms with van der Waals surface area (Å²) in [6, 6.07) is 0. The average molecular weight is 1040 g/mol. The Morgan fingerprint density at radius 2 is 0.581 bits per heavy atom. The van der Waals surface area contributed by atoms with E-state index in [0.29, 0.717) is 6.42 Å². The number of carbonyl (C=O) groups is 2. The van der Waals surface area contributed by atoms with Crippen LogP contribution in [0.1, 0.15) is 373 Å². The fraction of sp³-hybridized carbons (Fsp3) is 0.941. The molecule has 1 fully saturated rings. The van der Waals surface area contributed by atoms with Gasteiger partial charge in [-0.3, -0.25) is 9.59 Å². The topological polar surface area (TPSA) is 93.1 Å². The van der Waals surface area contributed by atoms with E-state index >= 15 is 0 Å². The maximum atomic E-state index is 12.5. The molecule has 1 aliphatic heterocycles. The highest BCUT2D eigenvalue weighted by molar-refractivity contribution is 5.80. The van der Waals surface area contributed by atoms with Gasteiger partial charge in [-0.25, -0.2) is 0 Å². The third kappa shape index (κ3) is 48.9. The van der Waals surface area contributed by atoms with Gasteiger partial charge in [-0.05, 0) is 19.3 Å². The molecule has 1 saturated heterocycles. The number of esters is 2. The van der Waals surface area contributed by atoms with E-state index in [4.69, 9.17) is 9.47 Å². The Hall–Kier alpha value is -1.40. The Balaban J connectivity index is 1.67. The monoisotopic (exact) mass is 1040 g/mol. The van der Waals surface area contributed by atoms with Crippen LogP contribution >= 0.6 is 0 Å². The maximum Gasteiger partial charge on any atom is 0.309 e. The van der Waals surface area contributed by atoms with Crippen molar-refractivity contribution in [1.29, 1.82) is 0 Å². The van der Waals surface area contributed by atoms with Crippen LogP contribution in [0.15, 0.2) is 12.2 Å². The largest absolute Gasteiger partial charge is 0.465 e. The van der Waals surface area contributed by atoms with Crippen LogP contribution in [0, 0.1) is 11.3 Å². The molecule has 2 N–H and O–H groups in total. The molecule has 438 valence electrons. The molecule has 0 saturated carbocycles. The summed E-state index contributed by atoms with van der Waals surface area (Å²) in [5, 5.41) is 19.2. The van der Waals surface area contributed by atoms with Crippen LogP contribution in [-0.2, 0) is 19.1 Å². The number of hydrogen-bond acceptors (Lipinski definition) is 6. The van der Waals surface area contributed by atoms with Crippen molar-refractivity contribution in [2.24, 2.45) is 11.3 Å². The number of ether oxygens (including phenoxy) is 2. The van der Waals surface area contributed by atoms with Crippen molar-refractivity contribution >= 4 is 11.9 Å². The molecule has 0 aromatic carbocycles. The van der Waals surface area contributed by atoms with Crippen molar-refractivity contribution in [3.8, 4) is 0 Å². The first-order chi connectivity index (χ1) is 36.6. The maximum absolute atomic E-state index is 12.5. The molecule has 1 atom stereocenters. The number of aliphatic hydroxyl groups excluding tert-OH is 2. The molecule has 1 unspecified atom stereocenters. The first kappa shape index (κ1) is 70.6. The van der Waals surface area contributed by atoms with Gasteiger partial charge in [-0.15, -0.1) is 0 Å². The van der Waals surface area contributed by atoms with E-state index in [-0.39, 0.29) is 19.6 Å². The summed E-state index contributed by atoms with van der Waals surface area (Å²) in [5.41, 5.74) is -1.14. The molecule has 0 spiro atoms. The summed E-state index contributed by atoms with van der Waals surface area (Å²) in [7, 11) is 0. The van der Waals surface area contributed by atoms with Crippen LogP contribution in [0.5, 0.6) is 0 Å². The zero-order valence-electron chi connectivity index (χ0n) is 49.9. The van der Waals surface area contributed by atoms with Crippen molar-refractivity contribution in [3.63, 3.8) is 0 Å².